The molecule has 1 amide bonds. The Bertz CT molecular complexity index is 1200. The van der Waals surface area contributed by atoms with Gasteiger partial charge < -0.3 is 9.47 Å². The number of halogens is 9. The van der Waals surface area contributed by atoms with Crippen LogP contribution in [-0.4, -0.2) is 24.1 Å². The Labute approximate surface area is 224 Å². The van der Waals surface area contributed by atoms with Gasteiger partial charge in [-0.2, -0.15) is 39.5 Å². The van der Waals surface area contributed by atoms with Gasteiger partial charge in [0.25, 0.3) is 0 Å². The first-order valence-corrected chi connectivity index (χ1v) is 12.5. The van der Waals surface area contributed by atoms with Crippen molar-refractivity contribution in [3.63, 3.8) is 0 Å². The van der Waals surface area contributed by atoms with E-state index < -0.39 is 71.7 Å². The number of carbonyl (C=O) groups excluding carboxylic acids is 1. The van der Waals surface area contributed by atoms with E-state index in [1.54, 1.807) is 0 Å². The fraction of sp³-hybridized carbons (Fsp3) is 0.519. The van der Waals surface area contributed by atoms with Gasteiger partial charge in [0, 0.05) is 13.7 Å². The Kier molecular flexibility index (Phi) is 8.09. The summed E-state index contributed by atoms with van der Waals surface area (Å²) in [4.78, 5) is 13.8. The molecule has 1 unspecified atom stereocenters. The Morgan fingerprint density at radius 1 is 0.875 bits per heavy atom. The van der Waals surface area contributed by atoms with Gasteiger partial charge in [0.2, 0.25) is 0 Å². The van der Waals surface area contributed by atoms with Crippen LogP contribution in [0.3, 0.4) is 0 Å². The van der Waals surface area contributed by atoms with Crippen LogP contribution in [0.2, 0.25) is 0 Å². The third kappa shape index (κ3) is 6.18. The lowest BCUT2D eigenvalue weighted by Crippen LogP contribution is -2.32. The molecule has 4 nitrogen and oxygen atoms in total. The van der Waals surface area contributed by atoms with Crippen molar-refractivity contribution in [2.24, 2.45) is 5.92 Å². The largest absolute Gasteiger partial charge is 0.439 e. The number of alkyl halides is 9. The fourth-order valence-corrected chi connectivity index (χ4v) is 5.52. The van der Waals surface area contributed by atoms with Gasteiger partial charge in [0.15, 0.2) is 0 Å². The number of ether oxygens (including phenoxy) is 2. The van der Waals surface area contributed by atoms with Crippen LogP contribution >= 0.6 is 0 Å². The van der Waals surface area contributed by atoms with Gasteiger partial charge in [-0.1, -0.05) is 18.9 Å². The zero-order valence-corrected chi connectivity index (χ0v) is 21.4. The molecule has 13 heteroatoms. The summed E-state index contributed by atoms with van der Waals surface area (Å²) >= 11 is 0. The SMILES string of the molecule is COC(c1ccc(C(F)(F)F)cc1CN1C(=O)O[C@H](c2cc(C(F)(F)F)cc(C(F)(F)F)c2)[C@@H]1C)C1CCCC1. The number of rotatable bonds is 6. The van der Waals surface area contributed by atoms with Crippen LogP contribution in [0.15, 0.2) is 36.4 Å². The molecule has 0 N–H and O–H groups in total. The van der Waals surface area contributed by atoms with Crippen molar-refractivity contribution in [3.05, 3.63) is 69.8 Å². The second-order valence-electron chi connectivity index (χ2n) is 10.1. The highest BCUT2D eigenvalue weighted by atomic mass is 19.4. The number of cyclic esters (lactones) is 1. The third-order valence-electron chi connectivity index (χ3n) is 7.53. The molecule has 0 aromatic heterocycles. The molecule has 1 saturated heterocycles. The summed E-state index contributed by atoms with van der Waals surface area (Å²) in [6.07, 6.45) is -14.7. The Hall–Kier alpha value is -2.96. The van der Waals surface area contributed by atoms with E-state index in [1.807, 2.05) is 0 Å². The monoisotopic (exact) mass is 583 g/mol. The molecule has 0 radical (unpaired) electrons. The minimum absolute atomic E-state index is 0.0297. The lowest BCUT2D eigenvalue weighted by atomic mass is 9.89. The van der Waals surface area contributed by atoms with Gasteiger partial charge in [-0.3, -0.25) is 4.90 Å². The van der Waals surface area contributed by atoms with Gasteiger partial charge in [0.1, 0.15) is 6.10 Å². The Morgan fingerprint density at radius 3 is 1.93 bits per heavy atom. The van der Waals surface area contributed by atoms with Crippen molar-refractivity contribution in [1.82, 2.24) is 4.90 Å². The van der Waals surface area contributed by atoms with E-state index >= 15 is 0 Å². The van der Waals surface area contributed by atoms with Crippen LogP contribution in [0.1, 0.15) is 78.2 Å². The van der Waals surface area contributed by atoms with Crippen LogP contribution in [-0.2, 0) is 34.5 Å². The van der Waals surface area contributed by atoms with E-state index in [-0.39, 0.29) is 17.5 Å². The van der Waals surface area contributed by atoms with Crippen LogP contribution < -0.4 is 0 Å². The lowest BCUT2D eigenvalue weighted by molar-refractivity contribution is -0.143. The smallest absolute Gasteiger partial charge is 0.416 e. The van der Waals surface area contributed by atoms with Crippen LogP contribution in [0.4, 0.5) is 44.3 Å². The van der Waals surface area contributed by atoms with E-state index in [1.165, 1.54) is 20.1 Å². The average molecular weight is 583 g/mol. The molecule has 1 aliphatic heterocycles. The summed E-state index contributed by atoms with van der Waals surface area (Å²) in [5.74, 6) is 0.0297. The van der Waals surface area contributed by atoms with Crippen molar-refractivity contribution in [2.75, 3.05) is 7.11 Å². The normalized spacial score (nSPS) is 21.7. The van der Waals surface area contributed by atoms with Crippen LogP contribution in [0.5, 0.6) is 0 Å². The van der Waals surface area contributed by atoms with Gasteiger partial charge >= 0.3 is 24.6 Å². The van der Waals surface area contributed by atoms with Gasteiger partial charge in [-0.05, 0) is 72.7 Å². The first kappa shape index (κ1) is 30.0. The summed E-state index contributed by atoms with van der Waals surface area (Å²) in [6, 6.07) is 2.90. The summed E-state index contributed by atoms with van der Waals surface area (Å²) < 4.78 is 132. The zero-order chi connectivity index (χ0) is 29.6. The molecule has 3 atom stereocenters. The van der Waals surface area contributed by atoms with Gasteiger partial charge in [-0.15, -0.1) is 0 Å². The highest BCUT2D eigenvalue weighted by Crippen LogP contribution is 2.44. The maximum absolute atomic E-state index is 13.6. The predicted molar refractivity (Wildman–Crippen MR) is 124 cm³/mol. The first-order chi connectivity index (χ1) is 18.5. The molecule has 220 valence electrons. The maximum Gasteiger partial charge on any atom is 0.416 e. The maximum atomic E-state index is 13.6. The number of nitrogens with zero attached hydrogens (tertiary/aromatic N) is 1. The molecular formula is C27H26F9NO3. The fourth-order valence-electron chi connectivity index (χ4n) is 5.52. The second-order valence-corrected chi connectivity index (χ2v) is 10.1. The molecule has 0 spiro atoms. The standard InChI is InChI=1S/C27H26F9NO3/c1-14-22(16-9-19(26(31,32)33)12-20(10-16)27(34,35)36)40-24(38)37(14)13-17-11-18(25(28,29)30)7-8-21(17)23(39-2)15-5-3-4-6-15/h7-12,14-15,22-23H,3-6,13H2,1-2H3/t14-,22-,23?/m0/s1. The molecule has 0 bridgehead atoms. The Morgan fingerprint density at radius 2 is 1.43 bits per heavy atom. The number of hydrogen-bond acceptors (Lipinski definition) is 3. The Balaban J connectivity index is 1.71. The van der Waals surface area contributed by atoms with Crippen LogP contribution in [0, 0.1) is 5.92 Å². The van der Waals surface area contributed by atoms with E-state index in [2.05, 4.69) is 0 Å². The predicted octanol–water partition coefficient (Wildman–Crippen LogP) is 8.70. The molecule has 1 aliphatic carbocycles. The van der Waals surface area contributed by atoms with Crippen molar-refractivity contribution >= 4 is 6.09 Å². The molecule has 2 aliphatic rings. The molecule has 2 aromatic rings. The minimum Gasteiger partial charge on any atom is -0.439 e. The molecule has 40 heavy (non-hydrogen) atoms. The van der Waals surface area contributed by atoms with E-state index in [0.29, 0.717) is 17.7 Å². The van der Waals surface area contributed by atoms with E-state index in [9.17, 15) is 44.3 Å². The average Bonchev–Trinajstić information content (AvgIpc) is 3.48. The first-order valence-electron chi connectivity index (χ1n) is 12.5. The van der Waals surface area contributed by atoms with Crippen LogP contribution in [0.25, 0.3) is 0 Å². The highest BCUT2D eigenvalue weighted by molar-refractivity contribution is 5.71. The minimum atomic E-state index is -5.11. The molecule has 4 rings (SSSR count). The molecule has 2 aromatic carbocycles. The number of carbonyl (C=O) groups is 1. The molecular weight excluding hydrogens is 557 g/mol. The molecule has 1 heterocycles. The van der Waals surface area contributed by atoms with Gasteiger partial charge in [-0.25, -0.2) is 4.79 Å². The zero-order valence-electron chi connectivity index (χ0n) is 21.4. The van der Waals surface area contributed by atoms with E-state index in [4.69, 9.17) is 9.47 Å². The van der Waals surface area contributed by atoms with Gasteiger partial charge in [0.05, 0.1) is 28.8 Å². The van der Waals surface area contributed by atoms with E-state index in [0.717, 1.165) is 42.7 Å². The summed E-state index contributed by atoms with van der Waals surface area (Å²) in [5.41, 5.74) is -4.13. The lowest BCUT2D eigenvalue weighted by Gasteiger charge is -2.28. The number of hydrogen-bond donors (Lipinski definition) is 0. The van der Waals surface area contributed by atoms with Crippen molar-refractivity contribution in [1.29, 1.82) is 0 Å². The number of benzene rings is 2. The van der Waals surface area contributed by atoms with Crippen molar-refractivity contribution < 1.29 is 53.8 Å². The second kappa shape index (κ2) is 10.8. The topological polar surface area (TPSA) is 38.8 Å². The number of methoxy groups -OCH3 is 1. The highest BCUT2D eigenvalue weighted by Gasteiger charge is 2.44. The number of amides is 1. The van der Waals surface area contributed by atoms with Crippen molar-refractivity contribution in [3.8, 4) is 0 Å². The summed E-state index contributed by atoms with van der Waals surface area (Å²) in [5, 5.41) is 0. The molecule has 2 fully saturated rings. The summed E-state index contributed by atoms with van der Waals surface area (Å²) in [6.45, 7) is 0.925. The quantitative estimate of drug-likeness (QED) is 0.320. The molecule has 1 saturated carbocycles. The summed E-state index contributed by atoms with van der Waals surface area (Å²) in [7, 11) is 1.43. The third-order valence-corrected chi connectivity index (χ3v) is 7.53. The van der Waals surface area contributed by atoms with Crippen molar-refractivity contribution in [2.45, 2.75) is 75.9 Å².